The minimum absolute atomic E-state index is 0.0161. The zero-order valence-electron chi connectivity index (χ0n) is 12.8. The summed E-state index contributed by atoms with van der Waals surface area (Å²) < 4.78 is 14.1. The number of hydrogen-bond donors (Lipinski definition) is 1. The molecule has 0 spiro atoms. The molecular weight excluding hydrogens is 253 g/mol. The molecule has 2 atom stereocenters. The van der Waals surface area contributed by atoms with E-state index in [2.05, 4.69) is 23.9 Å². The summed E-state index contributed by atoms with van der Waals surface area (Å²) in [6.07, 6.45) is 2.35. The predicted octanol–water partition coefficient (Wildman–Crippen LogP) is 2.16. The Morgan fingerprint density at radius 2 is 2.20 bits per heavy atom. The van der Waals surface area contributed by atoms with Crippen LogP contribution in [0, 0.1) is 12.7 Å². The van der Waals surface area contributed by atoms with Crippen LogP contribution in [0.25, 0.3) is 0 Å². The van der Waals surface area contributed by atoms with Crippen molar-refractivity contribution >= 4 is 0 Å². The van der Waals surface area contributed by atoms with Gasteiger partial charge in [0.05, 0.1) is 0 Å². The van der Waals surface area contributed by atoms with Crippen LogP contribution in [0.1, 0.15) is 30.0 Å². The molecule has 0 radical (unpaired) electrons. The quantitative estimate of drug-likeness (QED) is 0.917. The van der Waals surface area contributed by atoms with E-state index in [1.165, 1.54) is 6.42 Å². The summed E-state index contributed by atoms with van der Waals surface area (Å²) >= 11 is 0. The summed E-state index contributed by atoms with van der Waals surface area (Å²) in [6, 6.07) is 5.82. The maximum absolute atomic E-state index is 14.1. The van der Waals surface area contributed by atoms with Crippen LogP contribution < -0.4 is 5.73 Å². The summed E-state index contributed by atoms with van der Waals surface area (Å²) in [5.74, 6) is -0.141. The van der Waals surface area contributed by atoms with Crippen LogP contribution in [0.15, 0.2) is 18.2 Å². The Morgan fingerprint density at radius 1 is 1.45 bits per heavy atom. The Balaban J connectivity index is 2.21. The van der Waals surface area contributed by atoms with Crippen LogP contribution >= 0.6 is 0 Å². The molecule has 20 heavy (non-hydrogen) atoms. The van der Waals surface area contributed by atoms with Crippen LogP contribution in [0.2, 0.25) is 0 Å². The molecular formula is C16H26FN3. The van der Waals surface area contributed by atoms with Gasteiger partial charge in [0.2, 0.25) is 0 Å². The number of hydrogen-bond acceptors (Lipinski definition) is 3. The Hall–Kier alpha value is -0.970. The van der Waals surface area contributed by atoms with Crippen molar-refractivity contribution in [1.82, 2.24) is 9.80 Å². The minimum Gasteiger partial charge on any atom is -0.329 e. The lowest BCUT2D eigenvalue weighted by molar-refractivity contribution is 0.0969. The van der Waals surface area contributed by atoms with E-state index in [-0.39, 0.29) is 11.9 Å². The van der Waals surface area contributed by atoms with E-state index in [4.69, 9.17) is 5.73 Å². The number of likely N-dealkylation sites (tertiary alicyclic amines) is 1. The zero-order chi connectivity index (χ0) is 14.7. The molecule has 0 aliphatic carbocycles. The minimum atomic E-state index is -0.141. The van der Waals surface area contributed by atoms with Crippen LogP contribution in [0.3, 0.4) is 0 Å². The molecule has 2 unspecified atom stereocenters. The molecule has 0 bridgehead atoms. The van der Waals surface area contributed by atoms with Gasteiger partial charge in [-0.1, -0.05) is 17.7 Å². The molecule has 1 aromatic carbocycles. The van der Waals surface area contributed by atoms with Crippen LogP contribution in [-0.4, -0.2) is 49.6 Å². The lowest BCUT2D eigenvalue weighted by atomic mass is 9.97. The van der Waals surface area contributed by atoms with Crippen molar-refractivity contribution in [2.75, 3.05) is 33.7 Å². The molecule has 1 saturated heterocycles. The standard InChI is InChI=1S/C16H26FN3/c1-12-6-7-15(17)14(9-12)16(10-18)20-8-4-5-13(11-20)19(2)3/h6-7,9,13,16H,4-5,8,10-11,18H2,1-3H3. The van der Waals surface area contributed by atoms with Gasteiger partial charge in [0.25, 0.3) is 0 Å². The molecule has 1 aliphatic heterocycles. The van der Waals surface area contributed by atoms with Crippen LogP contribution in [0.5, 0.6) is 0 Å². The first-order valence-corrected chi connectivity index (χ1v) is 7.39. The fraction of sp³-hybridized carbons (Fsp3) is 0.625. The van der Waals surface area contributed by atoms with Gasteiger partial charge in [0.1, 0.15) is 5.82 Å². The fourth-order valence-electron chi connectivity index (χ4n) is 3.08. The third-order valence-corrected chi connectivity index (χ3v) is 4.33. The first kappa shape index (κ1) is 15.4. The van der Waals surface area contributed by atoms with Crippen molar-refractivity contribution in [3.05, 3.63) is 35.1 Å². The van der Waals surface area contributed by atoms with Crippen molar-refractivity contribution in [1.29, 1.82) is 0 Å². The highest BCUT2D eigenvalue weighted by Crippen LogP contribution is 2.27. The number of benzene rings is 1. The van der Waals surface area contributed by atoms with Crippen molar-refractivity contribution in [3.8, 4) is 0 Å². The molecule has 1 aliphatic rings. The molecule has 1 heterocycles. The molecule has 0 saturated carbocycles. The number of piperidine rings is 1. The third-order valence-electron chi connectivity index (χ3n) is 4.33. The zero-order valence-corrected chi connectivity index (χ0v) is 12.8. The van der Waals surface area contributed by atoms with Crippen molar-refractivity contribution in [3.63, 3.8) is 0 Å². The maximum Gasteiger partial charge on any atom is 0.128 e. The van der Waals surface area contributed by atoms with E-state index in [0.717, 1.165) is 30.6 Å². The second-order valence-corrected chi connectivity index (χ2v) is 6.03. The Bertz CT molecular complexity index is 447. The Kier molecular flexibility index (Phi) is 5.13. The molecule has 1 fully saturated rings. The van der Waals surface area contributed by atoms with Gasteiger partial charge in [0.15, 0.2) is 0 Å². The highest BCUT2D eigenvalue weighted by atomic mass is 19.1. The van der Waals surface area contributed by atoms with Crippen molar-refractivity contribution in [2.24, 2.45) is 5.73 Å². The number of aryl methyl sites for hydroxylation is 1. The summed E-state index contributed by atoms with van der Waals surface area (Å²) in [5.41, 5.74) is 7.78. The molecule has 2 N–H and O–H groups in total. The van der Waals surface area contributed by atoms with Crippen molar-refractivity contribution in [2.45, 2.75) is 31.8 Å². The van der Waals surface area contributed by atoms with E-state index in [1.54, 1.807) is 6.07 Å². The summed E-state index contributed by atoms with van der Waals surface area (Å²) in [6.45, 7) is 4.41. The Labute approximate surface area is 121 Å². The highest BCUT2D eigenvalue weighted by Gasteiger charge is 2.28. The number of rotatable bonds is 4. The first-order chi connectivity index (χ1) is 9.52. The third kappa shape index (κ3) is 3.37. The van der Waals surface area contributed by atoms with Gasteiger partial charge in [-0.15, -0.1) is 0 Å². The first-order valence-electron chi connectivity index (χ1n) is 7.39. The molecule has 3 nitrogen and oxygen atoms in total. The van der Waals surface area contributed by atoms with Gasteiger partial charge >= 0.3 is 0 Å². The number of nitrogens with zero attached hydrogens (tertiary/aromatic N) is 2. The maximum atomic E-state index is 14.1. The fourth-order valence-corrected chi connectivity index (χ4v) is 3.08. The van der Waals surface area contributed by atoms with E-state index < -0.39 is 0 Å². The average molecular weight is 279 g/mol. The lowest BCUT2D eigenvalue weighted by Gasteiger charge is -2.40. The van der Waals surface area contributed by atoms with Crippen molar-refractivity contribution < 1.29 is 4.39 Å². The SMILES string of the molecule is Cc1ccc(F)c(C(CN)N2CCCC(N(C)C)C2)c1. The number of likely N-dealkylation sites (N-methyl/N-ethyl adjacent to an activating group) is 1. The molecule has 2 rings (SSSR count). The van der Waals surface area contributed by atoms with Gasteiger partial charge in [-0.05, 0) is 46.5 Å². The lowest BCUT2D eigenvalue weighted by Crippen LogP contribution is -2.48. The Morgan fingerprint density at radius 3 is 2.85 bits per heavy atom. The average Bonchev–Trinajstić information content (AvgIpc) is 2.44. The molecule has 1 aromatic rings. The van der Waals surface area contributed by atoms with Gasteiger partial charge in [-0.3, -0.25) is 4.90 Å². The molecule has 0 amide bonds. The predicted molar refractivity (Wildman–Crippen MR) is 81.2 cm³/mol. The molecule has 0 aromatic heterocycles. The normalized spacial score (nSPS) is 22.2. The second kappa shape index (κ2) is 6.66. The van der Waals surface area contributed by atoms with Crippen LogP contribution in [0.4, 0.5) is 4.39 Å². The van der Waals surface area contributed by atoms with Gasteiger partial charge < -0.3 is 10.6 Å². The smallest absolute Gasteiger partial charge is 0.128 e. The molecule has 4 heteroatoms. The number of halogens is 1. The van der Waals surface area contributed by atoms with Gasteiger partial charge in [-0.25, -0.2) is 4.39 Å². The largest absolute Gasteiger partial charge is 0.329 e. The molecule has 112 valence electrons. The van der Waals surface area contributed by atoms with E-state index in [9.17, 15) is 4.39 Å². The van der Waals surface area contributed by atoms with E-state index in [1.807, 2.05) is 19.1 Å². The summed E-state index contributed by atoms with van der Waals surface area (Å²) in [7, 11) is 4.22. The van der Waals surface area contributed by atoms with Gasteiger partial charge in [-0.2, -0.15) is 0 Å². The summed E-state index contributed by atoms with van der Waals surface area (Å²) in [5, 5.41) is 0. The van der Waals surface area contributed by atoms with Crippen LogP contribution in [-0.2, 0) is 0 Å². The number of nitrogens with two attached hydrogens (primary N) is 1. The summed E-state index contributed by atoms with van der Waals surface area (Å²) in [4.78, 5) is 4.60. The van der Waals surface area contributed by atoms with E-state index >= 15 is 0 Å². The monoisotopic (exact) mass is 279 g/mol. The topological polar surface area (TPSA) is 32.5 Å². The van der Waals surface area contributed by atoms with E-state index in [0.29, 0.717) is 12.6 Å². The second-order valence-electron chi connectivity index (χ2n) is 6.03. The highest BCUT2D eigenvalue weighted by molar-refractivity contribution is 5.27. The van der Waals surface area contributed by atoms with Gasteiger partial charge in [0, 0.05) is 30.7 Å².